The molecule has 2 aliphatic rings. The van der Waals surface area contributed by atoms with Crippen LogP contribution in [0.25, 0.3) is 0 Å². The van der Waals surface area contributed by atoms with Crippen molar-refractivity contribution in [3.8, 4) is 11.5 Å². The summed E-state index contributed by atoms with van der Waals surface area (Å²) < 4.78 is 16.3. The molecule has 0 spiro atoms. The van der Waals surface area contributed by atoms with Crippen LogP contribution in [0.1, 0.15) is 52.0 Å². The minimum absolute atomic E-state index is 0.149. The number of nitrogens with one attached hydrogen (secondary N) is 1. The molecule has 0 saturated carbocycles. The number of amides is 1. The Morgan fingerprint density at radius 1 is 1.11 bits per heavy atom. The normalized spacial score (nSPS) is 24.2. The minimum Gasteiger partial charge on any atom is -0.493 e. The van der Waals surface area contributed by atoms with Crippen LogP contribution in [0.2, 0.25) is 0 Å². The van der Waals surface area contributed by atoms with Crippen LogP contribution in [-0.2, 0) is 11.2 Å². The number of benzene rings is 1. The first-order valence-electron chi connectivity index (χ1n) is 10.3. The monoisotopic (exact) mass is 390 g/mol. The number of carbonyl (C=O) groups is 1. The van der Waals surface area contributed by atoms with Gasteiger partial charge in [-0.3, -0.25) is 0 Å². The van der Waals surface area contributed by atoms with E-state index in [4.69, 9.17) is 14.2 Å². The third-order valence-corrected chi connectivity index (χ3v) is 5.63. The quantitative estimate of drug-likeness (QED) is 0.801. The second kappa shape index (κ2) is 8.60. The number of rotatable bonds is 6. The molecule has 2 heterocycles. The topological polar surface area (TPSA) is 60.0 Å². The number of ether oxygens (including phenoxy) is 3. The molecule has 0 radical (unpaired) electrons. The maximum atomic E-state index is 12.6. The van der Waals surface area contributed by atoms with Gasteiger partial charge in [-0.2, -0.15) is 0 Å². The van der Waals surface area contributed by atoms with Crippen LogP contribution in [0.15, 0.2) is 18.2 Å². The van der Waals surface area contributed by atoms with Crippen LogP contribution in [0.5, 0.6) is 11.5 Å². The van der Waals surface area contributed by atoms with Gasteiger partial charge in [-0.15, -0.1) is 0 Å². The molecule has 1 aromatic rings. The number of hydrogen-bond donors (Lipinski definition) is 1. The van der Waals surface area contributed by atoms with E-state index >= 15 is 0 Å². The summed E-state index contributed by atoms with van der Waals surface area (Å²) >= 11 is 0. The van der Waals surface area contributed by atoms with Gasteiger partial charge in [0, 0.05) is 18.1 Å². The van der Waals surface area contributed by atoms with Gasteiger partial charge in [0.25, 0.3) is 0 Å². The number of carbonyl (C=O) groups excluding carboxylic acids is 1. The fourth-order valence-corrected chi connectivity index (χ4v) is 4.41. The van der Waals surface area contributed by atoms with E-state index in [0.717, 1.165) is 50.1 Å². The lowest BCUT2D eigenvalue weighted by atomic mass is 9.97. The van der Waals surface area contributed by atoms with Gasteiger partial charge in [-0.05, 0) is 77.1 Å². The van der Waals surface area contributed by atoms with Gasteiger partial charge < -0.3 is 24.4 Å². The summed E-state index contributed by atoms with van der Waals surface area (Å²) in [6.07, 6.45) is 4.95. The zero-order valence-electron chi connectivity index (χ0n) is 17.8. The maximum absolute atomic E-state index is 12.6. The van der Waals surface area contributed by atoms with E-state index < -0.39 is 5.60 Å². The lowest BCUT2D eigenvalue weighted by Crippen LogP contribution is -2.52. The van der Waals surface area contributed by atoms with Crippen molar-refractivity contribution in [1.82, 2.24) is 10.2 Å². The Morgan fingerprint density at radius 2 is 1.75 bits per heavy atom. The van der Waals surface area contributed by atoms with E-state index in [-0.39, 0.29) is 6.09 Å². The second-order valence-electron chi connectivity index (χ2n) is 8.83. The molecule has 156 valence electrons. The van der Waals surface area contributed by atoms with Crippen LogP contribution in [-0.4, -0.2) is 55.5 Å². The van der Waals surface area contributed by atoms with Crippen molar-refractivity contribution in [2.45, 2.75) is 76.6 Å². The van der Waals surface area contributed by atoms with Crippen molar-refractivity contribution in [3.05, 3.63) is 23.8 Å². The summed E-state index contributed by atoms with van der Waals surface area (Å²) in [5, 5.41) is 3.69. The molecule has 2 unspecified atom stereocenters. The first kappa shape index (κ1) is 20.8. The first-order chi connectivity index (χ1) is 13.3. The molecule has 2 aliphatic heterocycles. The Balaban J connectivity index is 1.50. The van der Waals surface area contributed by atoms with Gasteiger partial charge >= 0.3 is 6.09 Å². The van der Waals surface area contributed by atoms with Gasteiger partial charge in [0.2, 0.25) is 0 Å². The Hall–Kier alpha value is -1.95. The van der Waals surface area contributed by atoms with Crippen LogP contribution >= 0.6 is 0 Å². The lowest BCUT2D eigenvalue weighted by Gasteiger charge is -2.39. The van der Waals surface area contributed by atoms with E-state index in [9.17, 15) is 4.79 Å². The maximum Gasteiger partial charge on any atom is 0.410 e. The largest absolute Gasteiger partial charge is 0.493 e. The van der Waals surface area contributed by atoms with Crippen LogP contribution < -0.4 is 14.8 Å². The second-order valence-corrected chi connectivity index (χ2v) is 8.83. The molecule has 1 aromatic carbocycles. The Labute approximate surface area is 168 Å². The van der Waals surface area contributed by atoms with E-state index in [0.29, 0.717) is 18.1 Å². The third kappa shape index (κ3) is 4.90. The number of nitrogens with zero attached hydrogens (tertiary/aromatic N) is 1. The molecular weight excluding hydrogens is 356 g/mol. The zero-order chi connectivity index (χ0) is 20.3. The van der Waals surface area contributed by atoms with Gasteiger partial charge in [-0.25, -0.2) is 4.79 Å². The third-order valence-electron chi connectivity index (χ3n) is 5.63. The highest BCUT2D eigenvalue weighted by atomic mass is 16.6. The van der Waals surface area contributed by atoms with Gasteiger partial charge in [0.1, 0.15) is 5.60 Å². The smallest absolute Gasteiger partial charge is 0.410 e. The molecule has 2 bridgehead atoms. The Morgan fingerprint density at radius 3 is 2.32 bits per heavy atom. The molecule has 3 rings (SSSR count). The molecule has 28 heavy (non-hydrogen) atoms. The molecular formula is C22H34N2O4. The zero-order valence-corrected chi connectivity index (χ0v) is 17.8. The molecule has 2 atom stereocenters. The highest BCUT2D eigenvalue weighted by Gasteiger charge is 2.44. The van der Waals surface area contributed by atoms with Gasteiger partial charge in [0.05, 0.1) is 14.2 Å². The van der Waals surface area contributed by atoms with Gasteiger partial charge in [-0.1, -0.05) is 6.07 Å². The average Bonchev–Trinajstić information content (AvgIpc) is 2.91. The summed E-state index contributed by atoms with van der Waals surface area (Å²) in [7, 11) is 3.31. The predicted molar refractivity (Wildman–Crippen MR) is 109 cm³/mol. The van der Waals surface area contributed by atoms with Crippen LogP contribution in [0.4, 0.5) is 4.79 Å². The molecule has 0 aliphatic carbocycles. The summed E-state index contributed by atoms with van der Waals surface area (Å²) in [5.74, 6) is 1.52. The van der Waals surface area contributed by atoms with E-state index in [1.54, 1.807) is 14.2 Å². The predicted octanol–water partition coefficient (Wildman–Crippen LogP) is 3.77. The molecule has 2 fully saturated rings. The molecule has 2 saturated heterocycles. The Bertz CT molecular complexity index is 672. The summed E-state index contributed by atoms with van der Waals surface area (Å²) in [6.45, 7) is 6.69. The average molecular weight is 391 g/mol. The van der Waals surface area contributed by atoms with E-state index in [2.05, 4.69) is 11.4 Å². The first-order valence-corrected chi connectivity index (χ1v) is 10.3. The van der Waals surface area contributed by atoms with Crippen molar-refractivity contribution in [2.75, 3.05) is 20.8 Å². The standard InChI is InChI=1S/C22H34N2O4/c1-22(2,3)28-21(25)24-17-7-8-18(24)14-16(13-17)23-11-10-15-6-9-19(26-4)20(12-15)27-5/h6,9,12,16-18,23H,7-8,10-11,13-14H2,1-5H3. The van der Waals surface area contributed by atoms with Crippen molar-refractivity contribution in [2.24, 2.45) is 0 Å². The van der Waals surface area contributed by atoms with Crippen molar-refractivity contribution < 1.29 is 19.0 Å². The van der Waals surface area contributed by atoms with Crippen LogP contribution in [0, 0.1) is 0 Å². The number of methoxy groups -OCH3 is 2. The SMILES string of the molecule is COc1ccc(CCNC2CC3CCC(C2)N3C(=O)OC(C)(C)C)cc1OC. The van der Waals surface area contributed by atoms with Crippen molar-refractivity contribution in [1.29, 1.82) is 0 Å². The van der Waals surface area contributed by atoms with Crippen molar-refractivity contribution >= 4 is 6.09 Å². The van der Waals surface area contributed by atoms with Gasteiger partial charge in [0.15, 0.2) is 11.5 Å². The molecule has 1 N–H and O–H groups in total. The molecule has 6 nitrogen and oxygen atoms in total. The summed E-state index contributed by atoms with van der Waals surface area (Å²) in [5.41, 5.74) is 0.782. The summed E-state index contributed by atoms with van der Waals surface area (Å²) in [6, 6.07) is 7.12. The van der Waals surface area contributed by atoms with Crippen LogP contribution in [0.3, 0.4) is 0 Å². The highest BCUT2D eigenvalue weighted by Crippen LogP contribution is 2.37. The lowest BCUT2D eigenvalue weighted by molar-refractivity contribution is 0.00477. The molecule has 6 heteroatoms. The van der Waals surface area contributed by atoms with Crippen molar-refractivity contribution in [3.63, 3.8) is 0 Å². The van der Waals surface area contributed by atoms with E-state index in [1.807, 2.05) is 37.8 Å². The van der Waals surface area contributed by atoms with E-state index in [1.165, 1.54) is 5.56 Å². The fourth-order valence-electron chi connectivity index (χ4n) is 4.41. The molecule has 1 amide bonds. The Kier molecular flexibility index (Phi) is 6.38. The minimum atomic E-state index is -0.439. The molecule has 0 aromatic heterocycles. The number of fused-ring (bicyclic) bond motifs is 2. The fraction of sp³-hybridized carbons (Fsp3) is 0.682. The summed E-state index contributed by atoms with van der Waals surface area (Å²) in [4.78, 5) is 14.6. The highest BCUT2D eigenvalue weighted by molar-refractivity contribution is 5.69. The number of hydrogen-bond acceptors (Lipinski definition) is 5. The number of piperidine rings is 1.